The van der Waals surface area contributed by atoms with Crippen LogP contribution in [0.15, 0.2) is 36.8 Å². The largest absolute Gasteiger partial charge is 0.493 e. The van der Waals surface area contributed by atoms with Crippen molar-refractivity contribution in [3.05, 3.63) is 48.0 Å². The fourth-order valence-electron chi connectivity index (χ4n) is 1.63. The average molecular weight is 258 g/mol. The molecular formula is C14H14N2O3. The predicted molar refractivity (Wildman–Crippen MR) is 69.5 cm³/mol. The lowest BCUT2D eigenvalue weighted by Crippen LogP contribution is -2.06. The Morgan fingerprint density at radius 3 is 2.74 bits per heavy atom. The minimum absolute atomic E-state index is 0.287. The molecule has 0 saturated carbocycles. The van der Waals surface area contributed by atoms with E-state index in [-0.39, 0.29) is 6.10 Å². The van der Waals surface area contributed by atoms with E-state index in [4.69, 9.17) is 9.47 Å². The minimum atomic E-state index is -0.287. The summed E-state index contributed by atoms with van der Waals surface area (Å²) in [5.41, 5.74) is 1.24. The Hall–Kier alpha value is -2.43. The van der Waals surface area contributed by atoms with Crippen LogP contribution in [-0.2, 0) is 0 Å². The number of benzene rings is 1. The van der Waals surface area contributed by atoms with Crippen molar-refractivity contribution in [2.24, 2.45) is 0 Å². The van der Waals surface area contributed by atoms with E-state index in [0.29, 0.717) is 22.8 Å². The highest BCUT2D eigenvalue weighted by Gasteiger charge is 2.13. The lowest BCUT2D eigenvalue weighted by atomic mass is 10.2. The van der Waals surface area contributed by atoms with Gasteiger partial charge in [-0.25, -0.2) is 0 Å². The number of nitrogens with zero attached hydrogens (tertiary/aromatic N) is 2. The Labute approximate surface area is 111 Å². The Bertz CT molecular complexity index is 558. The SMILES string of the molecule is COc1ccc(C=O)cc1OC(C)c1cnccn1. The second kappa shape index (κ2) is 5.95. The fourth-order valence-corrected chi connectivity index (χ4v) is 1.63. The van der Waals surface area contributed by atoms with Crippen molar-refractivity contribution in [3.8, 4) is 11.5 Å². The van der Waals surface area contributed by atoms with Crippen molar-refractivity contribution >= 4 is 6.29 Å². The van der Waals surface area contributed by atoms with Crippen LogP contribution in [0.4, 0.5) is 0 Å². The lowest BCUT2D eigenvalue weighted by Gasteiger charge is -2.16. The molecule has 0 saturated heterocycles. The first-order valence-corrected chi connectivity index (χ1v) is 5.80. The fraction of sp³-hybridized carbons (Fsp3) is 0.214. The van der Waals surface area contributed by atoms with Gasteiger partial charge in [0.15, 0.2) is 11.5 Å². The summed E-state index contributed by atoms with van der Waals surface area (Å²) >= 11 is 0. The highest BCUT2D eigenvalue weighted by Crippen LogP contribution is 2.31. The quantitative estimate of drug-likeness (QED) is 0.771. The van der Waals surface area contributed by atoms with Crippen molar-refractivity contribution in [2.45, 2.75) is 13.0 Å². The molecule has 0 amide bonds. The van der Waals surface area contributed by atoms with Crippen molar-refractivity contribution in [2.75, 3.05) is 7.11 Å². The van der Waals surface area contributed by atoms with Crippen LogP contribution in [0.5, 0.6) is 11.5 Å². The van der Waals surface area contributed by atoms with E-state index in [9.17, 15) is 4.79 Å². The van der Waals surface area contributed by atoms with Gasteiger partial charge in [0.25, 0.3) is 0 Å². The molecule has 2 aromatic rings. The number of aldehydes is 1. The monoisotopic (exact) mass is 258 g/mol. The molecule has 5 heteroatoms. The Morgan fingerprint density at radius 2 is 2.11 bits per heavy atom. The summed E-state index contributed by atoms with van der Waals surface area (Å²) in [7, 11) is 1.55. The number of ether oxygens (including phenoxy) is 2. The van der Waals surface area contributed by atoms with Gasteiger partial charge in [-0.3, -0.25) is 14.8 Å². The topological polar surface area (TPSA) is 61.3 Å². The van der Waals surface area contributed by atoms with E-state index in [0.717, 1.165) is 6.29 Å². The average Bonchev–Trinajstić information content (AvgIpc) is 2.48. The standard InChI is InChI=1S/C14H14N2O3/c1-10(12-8-15-5-6-16-12)19-14-7-11(9-17)3-4-13(14)18-2/h3-10H,1-2H3. The first-order chi connectivity index (χ1) is 9.24. The van der Waals surface area contributed by atoms with Gasteiger partial charge in [0.05, 0.1) is 19.0 Å². The Kier molecular flexibility index (Phi) is 4.07. The van der Waals surface area contributed by atoms with Gasteiger partial charge >= 0.3 is 0 Å². The smallest absolute Gasteiger partial charge is 0.162 e. The third-order valence-electron chi connectivity index (χ3n) is 2.63. The zero-order valence-electron chi connectivity index (χ0n) is 10.7. The van der Waals surface area contributed by atoms with Crippen molar-refractivity contribution in [3.63, 3.8) is 0 Å². The van der Waals surface area contributed by atoms with E-state index in [1.54, 1.807) is 43.9 Å². The van der Waals surface area contributed by atoms with Gasteiger partial charge in [-0.2, -0.15) is 0 Å². The molecule has 1 aromatic heterocycles. The first kappa shape index (κ1) is 13.0. The van der Waals surface area contributed by atoms with Gasteiger partial charge in [-0.05, 0) is 25.1 Å². The molecule has 1 heterocycles. The molecular weight excluding hydrogens is 244 g/mol. The van der Waals surface area contributed by atoms with E-state index in [1.165, 1.54) is 0 Å². The molecule has 0 aliphatic carbocycles. The summed E-state index contributed by atoms with van der Waals surface area (Å²) in [5, 5.41) is 0. The molecule has 19 heavy (non-hydrogen) atoms. The number of aromatic nitrogens is 2. The minimum Gasteiger partial charge on any atom is -0.493 e. The van der Waals surface area contributed by atoms with Gasteiger partial charge in [0.1, 0.15) is 12.4 Å². The number of rotatable bonds is 5. The van der Waals surface area contributed by atoms with Crippen molar-refractivity contribution in [1.82, 2.24) is 9.97 Å². The van der Waals surface area contributed by atoms with Gasteiger partial charge < -0.3 is 9.47 Å². The van der Waals surface area contributed by atoms with Crippen LogP contribution in [0.1, 0.15) is 29.1 Å². The molecule has 0 bridgehead atoms. The molecule has 0 radical (unpaired) electrons. The molecule has 0 aliphatic heterocycles. The summed E-state index contributed by atoms with van der Waals surface area (Å²) in [5.74, 6) is 1.08. The Balaban J connectivity index is 2.24. The normalized spacial score (nSPS) is 11.7. The van der Waals surface area contributed by atoms with Crippen molar-refractivity contribution in [1.29, 1.82) is 0 Å². The number of carbonyl (C=O) groups excluding carboxylic acids is 1. The zero-order valence-corrected chi connectivity index (χ0v) is 10.7. The molecule has 5 nitrogen and oxygen atoms in total. The van der Waals surface area contributed by atoms with Gasteiger partial charge in [0.2, 0.25) is 0 Å². The first-order valence-electron chi connectivity index (χ1n) is 5.80. The molecule has 0 N–H and O–H groups in total. The van der Waals surface area contributed by atoms with E-state index < -0.39 is 0 Å². The predicted octanol–water partition coefficient (Wildman–Crippen LogP) is 2.44. The summed E-state index contributed by atoms with van der Waals surface area (Å²) < 4.78 is 11.0. The molecule has 0 spiro atoms. The summed E-state index contributed by atoms with van der Waals surface area (Å²) in [4.78, 5) is 19.0. The van der Waals surface area contributed by atoms with Gasteiger partial charge in [-0.1, -0.05) is 0 Å². The van der Waals surface area contributed by atoms with Crippen LogP contribution in [-0.4, -0.2) is 23.4 Å². The molecule has 1 aromatic carbocycles. The molecule has 2 rings (SSSR count). The Morgan fingerprint density at radius 1 is 1.26 bits per heavy atom. The summed E-state index contributed by atoms with van der Waals surface area (Å²) in [6.45, 7) is 1.86. The highest BCUT2D eigenvalue weighted by molar-refractivity contribution is 5.76. The number of methoxy groups -OCH3 is 1. The van der Waals surface area contributed by atoms with Crippen molar-refractivity contribution < 1.29 is 14.3 Å². The van der Waals surface area contributed by atoms with Crippen LogP contribution in [0, 0.1) is 0 Å². The third-order valence-corrected chi connectivity index (χ3v) is 2.63. The van der Waals surface area contributed by atoms with Crippen LogP contribution in [0.2, 0.25) is 0 Å². The molecule has 1 unspecified atom stereocenters. The van der Waals surface area contributed by atoms with E-state index in [1.807, 2.05) is 6.92 Å². The molecule has 0 aliphatic rings. The van der Waals surface area contributed by atoms with E-state index >= 15 is 0 Å². The highest BCUT2D eigenvalue weighted by atomic mass is 16.5. The molecule has 1 atom stereocenters. The maximum atomic E-state index is 10.8. The van der Waals surface area contributed by atoms with Crippen LogP contribution in [0.25, 0.3) is 0 Å². The van der Waals surface area contributed by atoms with Crippen LogP contribution < -0.4 is 9.47 Å². The molecule has 0 fully saturated rings. The summed E-state index contributed by atoms with van der Waals surface area (Å²) in [6, 6.07) is 5.01. The molecule has 98 valence electrons. The maximum absolute atomic E-state index is 10.8. The summed E-state index contributed by atoms with van der Waals surface area (Å²) in [6.07, 6.45) is 5.32. The number of hydrogen-bond donors (Lipinski definition) is 0. The number of hydrogen-bond acceptors (Lipinski definition) is 5. The van der Waals surface area contributed by atoms with Gasteiger partial charge in [0, 0.05) is 18.0 Å². The van der Waals surface area contributed by atoms with Crippen LogP contribution in [0.3, 0.4) is 0 Å². The zero-order chi connectivity index (χ0) is 13.7. The number of carbonyl (C=O) groups is 1. The second-order valence-corrected chi connectivity index (χ2v) is 3.92. The van der Waals surface area contributed by atoms with E-state index in [2.05, 4.69) is 9.97 Å². The second-order valence-electron chi connectivity index (χ2n) is 3.92. The third kappa shape index (κ3) is 3.07. The van der Waals surface area contributed by atoms with Crippen LogP contribution >= 0.6 is 0 Å². The van der Waals surface area contributed by atoms with Gasteiger partial charge in [-0.15, -0.1) is 0 Å². The maximum Gasteiger partial charge on any atom is 0.162 e. The lowest BCUT2D eigenvalue weighted by molar-refractivity contribution is 0.112.